The summed E-state index contributed by atoms with van der Waals surface area (Å²) in [6, 6.07) is 0. The van der Waals surface area contributed by atoms with Crippen molar-refractivity contribution in [1.29, 1.82) is 0 Å². The van der Waals surface area contributed by atoms with Crippen LogP contribution >= 0.6 is 0 Å². The van der Waals surface area contributed by atoms with Crippen molar-refractivity contribution < 1.29 is 8.42 Å². The van der Waals surface area contributed by atoms with Gasteiger partial charge >= 0.3 is 0 Å². The Balaban J connectivity index is 1.42. The maximum Gasteiger partial charge on any atom is 0.281 e. The number of fused-ring (bicyclic) bond motifs is 1. The van der Waals surface area contributed by atoms with Crippen LogP contribution < -0.4 is 0 Å². The van der Waals surface area contributed by atoms with Gasteiger partial charge in [-0.05, 0) is 32.1 Å². The molecule has 1 aromatic heterocycles. The average molecular weight is 339 g/mol. The molecule has 0 bridgehead atoms. The molecular formula is C15H25N5O2S. The van der Waals surface area contributed by atoms with E-state index in [1.54, 1.807) is 8.61 Å². The lowest BCUT2D eigenvalue weighted by atomic mass is 9.97. The molecule has 2 saturated heterocycles. The monoisotopic (exact) mass is 339 g/mol. The zero-order valence-electron chi connectivity index (χ0n) is 13.5. The van der Waals surface area contributed by atoms with Gasteiger partial charge in [0.15, 0.2) is 0 Å². The summed E-state index contributed by atoms with van der Waals surface area (Å²) >= 11 is 0. The third-order valence-electron chi connectivity index (χ3n) is 5.42. The highest BCUT2D eigenvalue weighted by Crippen LogP contribution is 2.31. The molecule has 2 fully saturated rings. The molecule has 4 rings (SSSR count). The number of piperidine rings is 2. The fourth-order valence-electron chi connectivity index (χ4n) is 4.08. The Morgan fingerprint density at radius 2 is 1.52 bits per heavy atom. The van der Waals surface area contributed by atoms with Crippen LogP contribution in [0.2, 0.25) is 0 Å². The predicted octanol–water partition coefficient (Wildman–Crippen LogP) is 1.13. The van der Waals surface area contributed by atoms with E-state index in [1.807, 2.05) is 0 Å². The van der Waals surface area contributed by atoms with Crippen LogP contribution in [0.4, 0.5) is 0 Å². The second kappa shape index (κ2) is 6.14. The van der Waals surface area contributed by atoms with E-state index in [0.29, 0.717) is 32.1 Å². The first-order valence-electron chi connectivity index (χ1n) is 8.83. The van der Waals surface area contributed by atoms with Gasteiger partial charge < -0.3 is 4.57 Å². The number of nitrogens with zero attached hydrogens (tertiary/aromatic N) is 5. The fraction of sp³-hybridized carbons (Fsp3) is 0.867. The van der Waals surface area contributed by atoms with Gasteiger partial charge in [0.05, 0.1) is 0 Å². The van der Waals surface area contributed by atoms with Crippen molar-refractivity contribution in [3.63, 3.8) is 0 Å². The van der Waals surface area contributed by atoms with Crippen molar-refractivity contribution in [2.45, 2.75) is 57.4 Å². The van der Waals surface area contributed by atoms with Crippen LogP contribution in [0.3, 0.4) is 0 Å². The minimum atomic E-state index is -3.27. The summed E-state index contributed by atoms with van der Waals surface area (Å²) in [7, 11) is -3.27. The second-order valence-corrected chi connectivity index (χ2v) is 8.80. The number of rotatable bonds is 3. The van der Waals surface area contributed by atoms with E-state index in [2.05, 4.69) is 14.8 Å². The average Bonchev–Trinajstić information content (AvgIpc) is 3.19. The molecule has 0 aromatic carbocycles. The maximum absolute atomic E-state index is 12.7. The van der Waals surface area contributed by atoms with Gasteiger partial charge in [-0.25, -0.2) is 0 Å². The maximum atomic E-state index is 12.7. The van der Waals surface area contributed by atoms with Gasteiger partial charge in [-0.2, -0.15) is 17.0 Å². The van der Waals surface area contributed by atoms with Gasteiger partial charge in [-0.1, -0.05) is 6.42 Å². The van der Waals surface area contributed by atoms with E-state index in [0.717, 1.165) is 63.1 Å². The largest absolute Gasteiger partial charge is 0.315 e. The lowest BCUT2D eigenvalue weighted by Gasteiger charge is -2.36. The molecule has 8 heteroatoms. The molecular weight excluding hydrogens is 314 g/mol. The molecule has 0 spiro atoms. The Morgan fingerprint density at radius 1 is 0.826 bits per heavy atom. The Morgan fingerprint density at radius 3 is 2.26 bits per heavy atom. The van der Waals surface area contributed by atoms with Gasteiger partial charge in [0.1, 0.15) is 11.6 Å². The first-order chi connectivity index (χ1) is 11.2. The zero-order valence-corrected chi connectivity index (χ0v) is 14.3. The summed E-state index contributed by atoms with van der Waals surface area (Å²) in [5.74, 6) is 2.53. The van der Waals surface area contributed by atoms with E-state index in [4.69, 9.17) is 0 Å². The molecule has 0 saturated carbocycles. The summed E-state index contributed by atoms with van der Waals surface area (Å²) < 4.78 is 31.1. The number of hydrogen-bond donors (Lipinski definition) is 0. The van der Waals surface area contributed by atoms with Crippen molar-refractivity contribution in [2.75, 3.05) is 26.2 Å². The van der Waals surface area contributed by atoms with E-state index >= 15 is 0 Å². The van der Waals surface area contributed by atoms with Crippen LogP contribution in [-0.4, -0.2) is 58.0 Å². The third-order valence-corrected chi connectivity index (χ3v) is 7.46. The molecule has 1 aromatic rings. The first kappa shape index (κ1) is 15.5. The molecule has 0 atom stereocenters. The Kier molecular flexibility index (Phi) is 4.15. The number of aryl methyl sites for hydroxylation is 1. The Bertz CT molecular complexity index is 657. The van der Waals surface area contributed by atoms with Crippen LogP contribution in [0.15, 0.2) is 0 Å². The molecule has 7 nitrogen and oxygen atoms in total. The van der Waals surface area contributed by atoms with Crippen LogP contribution in [-0.2, 0) is 23.2 Å². The highest BCUT2D eigenvalue weighted by atomic mass is 32.2. The molecule has 0 unspecified atom stereocenters. The van der Waals surface area contributed by atoms with Gasteiger partial charge in [0.2, 0.25) is 0 Å². The van der Waals surface area contributed by atoms with E-state index < -0.39 is 10.2 Å². The molecule has 23 heavy (non-hydrogen) atoms. The van der Waals surface area contributed by atoms with E-state index in [1.165, 1.54) is 0 Å². The number of aromatic nitrogens is 3. The van der Waals surface area contributed by atoms with Crippen LogP contribution in [0.5, 0.6) is 0 Å². The summed E-state index contributed by atoms with van der Waals surface area (Å²) in [5, 5.41) is 8.66. The Hall–Kier alpha value is -0.990. The SMILES string of the molecule is O=S(=O)(N1CCCCC1)N1CCC(c2nnc3n2CCC3)CC1. The van der Waals surface area contributed by atoms with Crippen molar-refractivity contribution in [3.05, 3.63) is 11.6 Å². The van der Waals surface area contributed by atoms with Crippen molar-refractivity contribution in [1.82, 2.24) is 23.4 Å². The quantitative estimate of drug-likeness (QED) is 0.828. The third kappa shape index (κ3) is 2.81. The minimum Gasteiger partial charge on any atom is -0.315 e. The zero-order chi connectivity index (χ0) is 15.9. The van der Waals surface area contributed by atoms with Gasteiger partial charge in [-0.3, -0.25) is 0 Å². The first-order valence-corrected chi connectivity index (χ1v) is 10.2. The summed E-state index contributed by atoms with van der Waals surface area (Å²) in [6.07, 6.45) is 7.00. The molecule has 0 radical (unpaired) electrons. The highest BCUT2D eigenvalue weighted by molar-refractivity contribution is 7.86. The molecule has 3 aliphatic heterocycles. The molecule has 0 amide bonds. The summed E-state index contributed by atoms with van der Waals surface area (Å²) in [5.41, 5.74) is 0. The van der Waals surface area contributed by atoms with Gasteiger partial charge in [0.25, 0.3) is 10.2 Å². The molecule has 0 aliphatic carbocycles. The van der Waals surface area contributed by atoms with Crippen LogP contribution in [0.25, 0.3) is 0 Å². The topological polar surface area (TPSA) is 71.3 Å². The minimum absolute atomic E-state index is 0.349. The van der Waals surface area contributed by atoms with E-state index in [9.17, 15) is 8.42 Å². The lowest BCUT2D eigenvalue weighted by Crippen LogP contribution is -2.48. The van der Waals surface area contributed by atoms with Crippen molar-refractivity contribution in [2.24, 2.45) is 0 Å². The molecule has 4 heterocycles. The Labute approximate surface area is 137 Å². The molecule has 0 N–H and O–H groups in total. The standard InChI is InChI=1S/C15H25N5O2S/c21-23(22,18-8-2-1-3-9-18)19-11-6-13(7-12-19)15-17-16-14-5-4-10-20(14)15/h13H,1-12H2. The fourth-order valence-corrected chi connectivity index (χ4v) is 5.80. The summed E-state index contributed by atoms with van der Waals surface area (Å²) in [4.78, 5) is 0. The summed E-state index contributed by atoms with van der Waals surface area (Å²) in [6.45, 7) is 3.58. The van der Waals surface area contributed by atoms with Crippen molar-refractivity contribution in [3.8, 4) is 0 Å². The van der Waals surface area contributed by atoms with Crippen molar-refractivity contribution >= 4 is 10.2 Å². The van der Waals surface area contributed by atoms with Crippen LogP contribution in [0, 0.1) is 0 Å². The second-order valence-electron chi connectivity index (χ2n) is 6.87. The van der Waals surface area contributed by atoms with Gasteiger partial charge in [-0.15, -0.1) is 10.2 Å². The molecule has 3 aliphatic rings. The predicted molar refractivity (Wildman–Crippen MR) is 86.2 cm³/mol. The smallest absolute Gasteiger partial charge is 0.281 e. The van der Waals surface area contributed by atoms with E-state index in [-0.39, 0.29) is 0 Å². The van der Waals surface area contributed by atoms with Crippen LogP contribution in [0.1, 0.15) is 56.1 Å². The number of hydrogen-bond acceptors (Lipinski definition) is 4. The highest BCUT2D eigenvalue weighted by Gasteiger charge is 2.35. The normalized spacial score (nSPS) is 24.9. The lowest BCUT2D eigenvalue weighted by molar-refractivity contribution is 0.266. The van der Waals surface area contributed by atoms with Gasteiger partial charge in [0, 0.05) is 45.1 Å². The molecule has 128 valence electrons.